The van der Waals surface area contributed by atoms with Crippen molar-refractivity contribution in [1.82, 2.24) is 9.88 Å². The Labute approximate surface area is 200 Å². The Hall–Kier alpha value is -3.22. The lowest BCUT2D eigenvalue weighted by Crippen LogP contribution is -2.43. The van der Waals surface area contributed by atoms with Crippen LogP contribution in [0.25, 0.3) is 10.9 Å². The number of aromatic amines is 1. The van der Waals surface area contributed by atoms with Gasteiger partial charge in [-0.05, 0) is 66.1 Å². The number of methoxy groups -OCH3 is 1. The second kappa shape index (κ2) is 8.61. The summed E-state index contributed by atoms with van der Waals surface area (Å²) < 4.78 is 18.9. The largest absolute Gasteiger partial charge is 0.497 e. The summed E-state index contributed by atoms with van der Waals surface area (Å²) in [6, 6.07) is 16.9. The van der Waals surface area contributed by atoms with Crippen LogP contribution in [-0.2, 0) is 6.42 Å². The van der Waals surface area contributed by atoms with Gasteiger partial charge >= 0.3 is 6.03 Å². The molecule has 0 unspecified atom stereocenters. The summed E-state index contributed by atoms with van der Waals surface area (Å²) in [6.07, 6.45) is 0.667. The highest BCUT2D eigenvalue weighted by Gasteiger charge is 2.34. The maximum Gasteiger partial charge on any atom is 0.322 e. The van der Waals surface area contributed by atoms with Crippen molar-refractivity contribution in [2.24, 2.45) is 0 Å². The van der Waals surface area contributed by atoms with Crippen LogP contribution >= 0.6 is 23.2 Å². The van der Waals surface area contributed by atoms with Gasteiger partial charge in [-0.2, -0.15) is 0 Å². The third-order valence-corrected chi connectivity index (χ3v) is 6.48. The van der Waals surface area contributed by atoms with Gasteiger partial charge in [-0.25, -0.2) is 9.18 Å². The Morgan fingerprint density at radius 1 is 1.12 bits per heavy atom. The summed E-state index contributed by atoms with van der Waals surface area (Å²) in [4.78, 5) is 18.6. The van der Waals surface area contributed by atoms with E-state index in [1.165, 1.54) is 18.2 Å². The minimum Gasteiger partial charge on any atom is -0.497 e. The van der Waals surface area contributed by atoms with E-state index in [9.17, 15) is 9.18 Å². The molecule has 1 aliphatic heterocycles. The average Bonchev–Trinajstić information content (AvgIpc) is 3.18. The lowest BCUT2D eigenvalue weighted by Gasteiger charge is -2.36. The van der Waals surface area contributed by atoms with Crippen LogP contribution in [0.5, 0.6) is 5.75 Å². The van der Waals surface area contributed by atoms with Gasteiger partial charge in [0.1, 0.15) is 11.6 Å². The minimum absolute atomic E-state index is 0.0482. The SMILES string of the molecule is COc1ccc([C@@H]2c3[nH]c4ccc(Cl)cc4c3CCN2C(=O)Nc2ccc(F)c(Cl)c2)cc1. The normalized spacial score (nSPS) is 15.4. The molecule has 0 saturated carbocycles. The number of halogens is 3. The van der Waals surface area contributed by atoms with Crippen molar-refractivity contribution in [3.8, 4) is 5.75 Å². The predicted octanol–water partition coefficient (Wildman–Crippen LogP) is 6.80. The van der Waals surface area contributed by atoms with Gasteiger partial charge in [0.05, 0.1) is 18.2 Å². The van der Waals surface area contributed by atoms with E-state index in [2.05, 4.69) is 10.3 Å². The summed E-state index contributed by atoms with van der Waals surface area (Å²) in [5.41, 5.74) is 4.41. The van der Waals surface area contributed by atoms with E-state index in [1.807, 2.05) is 42.5 Å². The van der Waals surface area contributed by atoms with Crippen LogP contribution in [-0.4, -0.2) is 29.6 Å². The van der Waals surface area contributed by atoms with Crippen LogP contribution in [0.2, 0.25) is 10.0 Å². The minimum atomic E-state index is -0.537. The zero-order valence-electron chi connectivity index (χ0n) is 17.7. The fraction of sp³-hybridized carbons (Fsp3) is 0.160. The molecule has 0 spiro atoms. The fourth-order valence-electron chi connectivity index (χ4n) is 4.38. The highest BCUT2D eigenvalue weighted by molar-refractivity contribution is 6.31. The number of rotatable bonds is 3. The van der Waals surface area contributed by atoms with E-state index in [0.717, 1.165) is 33.5 Å². The smallest absolute Gasteiger partial charge is 0.322 e. The topological polar surface area (TPSA) is 57.4 Å². The lowest BCUT2D eigenvalue weighted by atomic mass is 9.92. The van der Waals surface area contributed by atoms with Gasteiger partial charge in [0, 0.05) is 33.9 Å². The zero-order valence-corrected chi connectivity index (χ0v) is 19.2. The number of carbonyl (C=O) groups excluding carboxylic acids is 1. The van der Waals surface area contributed by atoms with Crippen molar-refractivity contribution >= 4 is 45.8 Å². The predicted molar refractivity (Wildman–Crippen MR) is 129 cm³/mol. The molecule has 1 aromatic heterocycles. The van der Waals surface area contributed by atoms with Gasteiger partial charge in [0.25, 0.3) is 0 Å². The number of nitrogens with zero attached hydrogens (tertiary/aromatic N) is 1. The molecule has 0 radical (unpaired) electrons. The highest BCUT2D eigenvalue weighted by atomic mass is 35.5. The van der Waals surface area contributed by atoms with Crippen LogP contribution < -0.4 is 10.1 Å². The zero-order chi connectivity index (χ0) is 23.1. The van der Waals surface area contributed by atoms with Crippen molar-refractivity contribution in [2.75, 3.05) is 19.0 Å². The molecule has 4 aromatic rings. The number of anilines is 1. The number of fused-ring (bicyclic) bond motifs is 3. The highest BCUT2D eigenvalue weighted by Crippen LogP contribution is 2.39. The maximum absolute atomic E-state index is 13.6. The van der Waals surface area contributed by atoms with Crippen molar-refractivity contribution < 1.29 is 13.9 Å². The number of H-pyrrole nitrogens is 1. The van der Waals surface area contributed by atoms with E-state index in [4.69, 9.17) is 27.9 Å². The molecule has 2 amide bonds. The second-order valence-corrected chi connectivity index (χ2v) is 8.73. The van der Waals surface area contributed by atoms with Crippen molar-refractivity contribution in [2.45, 2.75) is 12.5 Å². The Morgan fingerprint density at radius 3 is 2.64 bits per heavy atom. The molecule has 2 heterocycles. The van der Waals surface area contributed by atoms with Gasteiger partial charge < -0.3 is 19.9 Å². The van der Waals surface area contributed by atoms with E-state index in [0.29, 0.717) is 23.7 Å². The van der Waals surface area contributed by atoms with E-state index < -0.39 is 5.82 Å². The summed E-state index contributed by atoms with van der Waals surface area (Å²) in [7, 11) is 1.61. The van der Waals surface area contributed by atoms with E-state index >= 15 is 0 Å². The molecule has 0 saturated heterocycles. The maximum atomic E-state index is 13.6. The number of nitrogens with one attached hydrogen (secondary N) is 2. The first-order valence-corrected chi connectivity index (χ1v) is 11.2. The summed E-state index contributed by atoms with van der Waals surface area (Å²) in [5, 5.41) is 4.53. The van der Waals surface area contributed by atoms with Gasteiger partial charge in [0.2, 0.25) is 0 Å². The van der Waals surface area contributed by atoms with Gasteiger partial charge in [-0.15, -0.1) is 0 Å². The van der Waals surface area contributed by atoms with E-state index in [-0.39, 0.29) is 17.1 Å². The van der Waals surface area contributed by atoms with Crippen LogP contribution in [0.15, 0.2) is 60.7 Å². The van der Waals surface area contributed by atoms with Crippen molar-refractivity contribution in [3.05, 3.63) is 93.3 Å². The van der Waals surface area contributed by atoms with Crippen LogP contribution in [0.3, 0.4) is 0 Å². The molecule has 1 aliphatic rings. The molecule has 33 heavy (non-hydrogen) atoms. The molecule has 0 fully saturated rings. The Balaban J connectivity index is 1.57. The molecule has 1 atom stereocenters. The lowest BCUT2D eigenvalue weighted by molar-refractivity contribution is 0.193. The van der Waals surface area contributed by atoms with Crippen LogP contribution in [0.4, 0.5) is 14.9 Å². The van der Waals surface area contributed by atoms with Crippen molar-refractivity contribution in [3.63, 3.8) is 0 Å². The molecule has 8 heteroatoms. The Morgan fingerprint density at radius 2 is 1.91 bits per heavy atom. The first-order chi connectivity index (χ1) is 15.9. The number of carbonyl (C=O) groups is 1. The molecule has 168 valence electrons. The average molecular weight is 484 g/mol. The summed E-state index contributed by atoms with van der Waals surface area (Å²) in [6.45, 7) is 0.490. The van der Waals surface area contributed by atoms with Crippen molar-refractivity contribution in [1.29, 1.82) is 0 Å². The van der Waals surface area contributed by atoms with Gasteiger partial charge in [-0.3, -0.25) is 0 Å². The molecule has 5 rings (SSSR count). The fourth-order valence-corrected chi connectivity index (χ4v) is 4.73. The van der Waals surface area contributed by atoms with Gasteiger partial charge in [-0.1, -0.05) is 35.3 Å². The number of hydrogen-bond donors (Lipinski definition) is 2. The molecule has 2 N–H and O–H groups in total. The van der Waals surface area contributed by atoms with Crippen LogP contribution in [0, 0.1) is 5.82 Å². The Bertz CT molecular complexity index is 1350. The first kappa shape index (κ1) is 21.6. The number of hydrogen-bond acceptors (Lipinski definition) is 2. The third-order valence-electron chi connectivity index (χ3n) is 5.95. The van der Waals surface area contributed by atoms with Gasteiger partial charge in [0.15, 0.2) is 0 Å². The summed E-state index contributed by atoms with van der Waals surface area (Å²) in [5.74, 6) is 0.195. The quantitative estimate of drug-likeness (QED) is 0.336. The molecule has 5 nitrogen and oxygen atoms in total. The number of urea groups is 1. The molecule has 0 bridgehead atoms. The molecular formula is C25H20Cl2FN3O2. The third kappa shape index (κ3) is 4.01. The second-order valence-electron chi connectivity index (χ2n) is 7.89. The van der Waals surface area contributed by atoms with E-state index in [1.54, 1.807) is 12.0 Å². The standard InChI is InChI=1S/C25H20Cl2FN3O2/c1-33-17-6-2-14(3-7-17)24-23-18(19-12-15(26)4-9-22(19)30-23)10-11-31(24)25(32)29-16-5-8-21(28)20(27)13-16/h2-9,12-13,24,30H,10-11H2,1H3,(H,29,32)/t24-/m1/s1. The monoisotopic (exact) mass is 483 g/mol. The molecule has 0 aliphatic carbocycles. The molecule has 3 aromatic carbocycles. The van der Waals surface area contributed by atoms with Crippen LogP contribution in [0.1, 0.15) is 22.9 Å². The molecular weight excluding hydrogens is 464 g/mol. The number of ether oxygens (including phenoxy) is 1. The number of benzene rings is 3. The summed E-state index contributed by atoms with van der Waals surface area (Å²) >= 11 is 12.2. The Kier molecular flexibility index (Phi) is 5.64. The number of amides is 2. The first-order valence-electron chi connectivity index (χ1n) is 10.4. The number of aromatic nitrogens is 1.